The lowest BCUT2D eigenvalue weighted by Gasteiger charge is -2.17. The maximum Gasteiger partial charge on any atom is 0.224 e. The van der Waals surface area contributed by atoms with Crippen molar-refractivity contribution in [1.29, 1.82) is 0 Å². The molecule has 4 nitrogen and oxygen atoms in total. The van der Waals surface area contributed by atoms with Crippen LogP contribution < -0.4 is 10.1 Å². The van der Waals surface area contributed by atoms with Crippen LogP contribution in [-0.4, -0.2) is 11.0 Å². The predicted octanol–water partition coefficient (Wildman–Crippen LogP) is 3.98. The van der Waals surface area contributed by atoms with Gasteiger partial charge in [-0.15, -0.1) is 0 Å². The van der Waals surface area contributed by atoms with E-state index in [1.807, 2.05) is 30.3 Å². The van der Waals surface area contributed by atoms with E-state index in [1.54, 1.807) is 6.92 Å². The Morgan fingerprint density at radius 1 is 1.17 bits per heavy atom. The third kappa shape index (κ3) is 4.36. The van der Waals surface area contributed by atoms with E-state index in [0.717, 1.165) is 28.9 Å². The quantitative estimate of drug-likeness (QED) is 0.809. The van der Waals surface area contributed by atoms with Crippen molar-refractivity contribution < 1.29 is 14.6 Å². The van der Waals surface area contributed by atoms with E-state index < -0.39 is 0 Å². The van der Waals surface area contributed by atoms with Gasteiger partial charge in [-0.2, -0.15) is 0 Å². The Labute approximate surface area is 143 Å². The van der Waals surface area contributed by atoms with Gasteiger partial charge in [-0.05, 0) is 36.6 Å². The van der Waals surface area contributed by atoms with Crippen LogP contribution in [0.25, 0.3) is 0 Å². The summed E-state index contributed by atoms with van der Waals surface area (Å²) in [6, 6.07) is 11.6. The van der Waals surface area contributed by atoms with Crippen LogP contribution >= 0.6 is 0 Å². The molecule has 0 spiro atoms. The first-order valence-corrected chi connectivity index (χ1v) is 8.32. The number of aliphatic hydroxyl groups excluding tert-OH is 1. The maximum atomic E-state index is 11.7. The average Bonchev–Trinajstić information content (AvgIpc) is 2.60. The number of hydrogen-bond acceptors (Lipinski definition) is 3. The normalized spacial score (nSPS) is 10.5. The molecule has 0 aliphatic heterocycles. The SMILES string of the molecule is CCC(=O)Nc1cccc(CO)c1COc1ccc(C)cc1CC. The van der Waals surface area contributed by atoms with Crippen LogP contribution in [0.4, 0.5) is 5.69 Å². The number of ether oxygens (including phenoxy) is 1. The summed E-state index contributed by atoms with van der Waals surface area (Å²) in [6.45, 7) is 6.16. The molecule has 0 saturated carbocycles. The van der Waals surface area contributed by atoms with Crippen LogP contribution in [0.3, 0.4) is 0 Å². The third-order valence-electron chi connectivity index (χ3n) is 4.01. The summed E-state index contributed by atoms with van der Waals surface area (Å²) in [6.07, 6.45) is 1.29. The first-order valence-electron chi connectivity index (χ1n) is 8.32. The van der Waals surface area contributed by atoms with Crippen LogP contribution in [0.15, 0.2) is 36.4 Å². The van der Waals surface area contributed by atoms with Gasteiger partial charge in [0, 0.05) is 17.7 Å². The van der Waals surface area contributed by atoms with E-state index in [9.17, 15) is 9.90 Å². The average molecular weight is 327 g/mol. The van der Waals surface area contributed by atoms with Crippen molar-refractivity contribution in [3.8, 4) is 5.75 Å². The van der Waals surface area contributed by atoms with Crippen molar-refractivity contribution in [3.63, 3.8) is 0 Å². The molecule has 0 saturated heterocycles. The zero-order chi connectivity index (χ0) is 17.5. The van der Waals surface area contributed by atoms with Crippen molar-refractivity contribution in [2.45, 2.75) is 46.8 Å². The Morgan fingerprint density at radius 2 is 1.96 bits per heavy atom. The molecule has 0 aromatic heterocycles. The van der Waals surface area contributed by atoms with Crippen molar-refractivity contribution in [1.82, 2.24) is 0 Å². The van der Waals surface area contributed by atoms with Gasteiger partial charge in [-0.3, -0.25) is 4.79 Å². The first-order chi connectivity index (χ1) is 11.6. The summed E-state index contributed by atoms with van der Waals surface area (Å²) in [5.74, 6) is 0.777. The van der Waals surface area contributed by atoms with Gasteiger partial charge < -0.3 is 15.2 Å². The highest BCUT2D eigenvalue weighted by atomic mass is 16.5. The second-order valence-electron chi connectivity index (χ2n) is 5.76. The fraction of sp³-hybridized carbons (Fsp3) is 0.350. The number of benzene rings is 2. The molecular formula is C20H25NO3. The number of anilines is 1. The van der Waals surface area contributed by atoms with Crippen molar-refractivity contribution >= 4 is 11.6 Å². The number of nitrogens with one attached hydrogen (secondary N) is 1. The van der Waals surface area contributed by atoms with E-state index >= 15 is 0 Å². The fourth-order valence-electron chi connectivity index (χ4n) is 2.58. The minimum atomic E-state index is -0.0942. The number of rotatable bonds is 7. The third-order valence-corrected chi connectivity index (χ3v) is 4.01. The zero-order valence-electron chi connectivity index (χ0n) is 14.6. The van der Waals surface area contributed by atoms with Crippen LogP contribution in [0.5, 0.6) is 5.75 Å². The highest BCUT2D eigenvalue weighted by Crippen LogP contribution is 2.26. The van der Waals surface area contributed by atoms with Gasteiger partial charge in [0.2, 0.25) is 5.91 Å². The van der Waals surface area contributed by atoms with Gasteiger partial charge in [0.05, 0.1) is 6.61 Å². The highest BCUT2D eigenvalue weighted by molar-refractivity contribution is 5.91. The number of hydrogen-bond donors (Lipinski definition) is 2. The molecule has 0 atom stereocenters. The highest BCUT2D eigenvalue weighted by Gasteiger charge is 2.12. The van der Waals surface area contributed by atoms with Gasteiger partial charge in [-0.25, -0.2) is 0 Å². The summed E-state index contributed by atoms with van der Waals surface area (Å²) >= 11 is 0. The molecule has 24 heavy (non-hydrogen) atoms. The Bertz CT molecular complexity index is 710. The molecule has 0 aliphatic rings. The number of aryl methyl sites for hydroxylation is 2. The van der Waals surface area contributed by atoms with E-state index in [1.165, 1.54) is 5.56 Å². The number of carbonyl (C=O) groups is 1. The Morgan fingerprint density at radius 3 is 2.62 bits per heavy atom. The van der Waals surface area contributed by atoms with Crippen LogP contribution in [-0.2, 0) is 24.4 Å². The second-order valence-corrected chi connectivity index (χ2v) is 5.76. The monoisotopic (exact) mass is 327 g/mol. The lowest BCUT2D eigenvalue weighted by Crippen LogP contribution is -2.13. The number of carbonyl (C=O) groups excluding carboxylic acids is 1. The van der Waals surface area contributed by atoms with Crippen LogP contribution in [0.2, 0.25) is 0 Å². The number of aliphatic hydroxyl groups is 1. The predicted molar refractivity (Wildman–Crippen MR) is 96.2 cm³/mol. The molecule has 0 bridgehead atoms. The molecule has 2 aromatic rings. The van der Waals surface area contributed by atoms with E-state index in [4.69, 9.17) is 4.74 Å². The van der Waals surface area contributed by atoms with E-state index in [0.29, 0.717) is 18.7 Å². The van der Waals surface area contributed by atoms with Crippen LogP contribution in [0, 0.1) is 6.92 Å². The minimum Gasteiger partial charge on any atom is -0.489 e. The van der Waals surface area contributed by atoms with Crippen molar-refractivity contribution in [3.05, 3.63) is 58.7 Å². The fourth-order valence-corrected chi connectivity index (χ4v) is 2.58. The molecule has 2 N–H and O–H groups in total. The van der Waals surface area contributed by atoms with Crippen molar-refractivity contribution in [2.24, 2.45) is 0 Å². The van der Waals surface area contributed by atoms with Gasteiger partial charge in [0.25, 0.3) is 0 Å². The van der Waals surface area contributed by atoms with Gasteiger partial charge >= 0.3 is 0 Å². The Balaban J connectivity index is 2.26. The molecule has 0 aliphatic carbocycles. The molecule has 1 amide bonds. The van der Waals surface area contributed by atoms with Gasteiger partial charge in [0.1, 0.15) is 12.4 Å². The minimum absolute atomic E-state index is 0.0593. The molecule has 0 heterocycles. The summed E-state index contributed by atoms with van der Waals surface area (Å²) in [5.41, 5.74) is 4.61. The molecule has 128 valence electrons. The van der Waals surface area contributed by atoms with Crippen LogP contribution in [0.1, 0.15) is 42.5 Å². The molecule has 2 rings (SSSR count). The summed E-state index contributed by atoms with van der Waals surface area (Å²) < 4.78 is 6.01. The van der Waals surface area contributed by atoms with E-state index in [-0.39, 0.29) is 12.5 Å². The molecule has 4 heteroatoms. The standard InChI is InChI=1S/C20H25NO3/c1-4-15-11-14(3)9-10-19(15)24-13-17-16(12-22)7-6-8-18(17)21-20(23)5-2/h6-11,22H,4-5,12-13H2,1-3H3,(H,21,23). The molecule has 0 radical (unpaired) electrons. The second kappa shape index (κ2) is 8.50. The van der Waals surface area contributed by atoms with E-state index in [2.05, 4.69) is 25.2 Å². The Kier molecular flexibility index (Phi) is 6.38. The maximum absolute atomic E-state index is 11.7. The summed E-state index contributed by atoms with van der Waals surface area (Å²) in [7, 11) is 0. The molecule has 2 aromatic carbocycles. The summed E-state index contributed by atoms with van der Waals surface area (Å²) in [5, 5.41) is 12.5. The lowest BCUT2D eigenvalue weighted by molar-refractivity contribution is -0.115. The molecule has 0 unspecified atom stereocenters. The lowest BCUT2D eigenvalue weighted by atomic mass is 10.1. The molecular weight excluding hydrogens is 302 g/mol. The topological polar surface area (TPSA) is 58.6 Å². The first kappa shape index (κ1) is 18.0. The zero-order valence-corrected chi connectivity index (χ0v) is 14.6. The molecule has 0 fully saturated rings. The van der Waals surface area contributed by atoms with Gasteiger partial charge in [0.15, 0.2) is 0 Å². The largest absolute Gasteiger partial charge is 0.489 e. The van der Waals surface area contributed by atoms with Gasteiger partial charge in [-0.1, -0.05) is 43.7 Å². The summed E-state index contributed by atoms with van der Waals surface area (Å²) in [4.78, 5) is 11.7. The Hall–Kier alpha value is -2.33. The number of amides is 1. The van der Waals surface area contributed by atoms with Crippen molar-refractivity contribution in [2.75, 3.05) is 5.32 Å². The smallest absolute Gasteiger partial charge is 0.224 e.